The van der Waals surface area contributed by atoms with Gasteiger partial charge in [-0.1, -0.05) is 42.5 Å². The third kappa shape index (κ3) is 4.19. The minimum atomic E-state index is -0.486. The normalized spacial score (nSPS) is 18.8. The van der Waals surface area contributed by atoms with E-state index < -0.39 is 6.03 Å². The second-order valence-electron chi connectivity index (χ2n) is 6.06. The standard InChI is InChI=1S/C20H22N2O3/c1-21-20(23)22(24)19-12-6-8-16(19)13-15-7-5-11-18(14-15)25-17-9-3-2-4-10-17/h2-11,14,16,19,24H,12-13H2,1H3,(H,21,23)/t16-,19+/m1/s1. The van der Waals surface area contributed by atoms with E-state index in [4.69, 9.17) is 4.74 Å². The van der Waals surface area contributed by atoms with Crippen LogP contribution in [0.4, 0.5) is 4.79 Å². The largest absolute Gasteiger partial charge is 0.457 e. The number of amides is 2. The van der Waals surface area contributed by atoms with Crippen LogP contribution in [0.5, 0.6) is 11.5 Å². The fourth-order valence-electron chi connectivity index (χ4n) is 3.08. The van der Waals surface area contributed by atoms with E-state index in [1.807, 2.05) is 60.7 Å². The van der Waals surface area contributed by atoms with Gasteiger partial charge in [0.05, 0.1) is 6.04 Å². The van der Waals surface area contributed by atoms with Crippen LogP contribution in [0.1, 0.15) is 12.0 Å². The van der Waals surface area contributed by atoms with Crippen LogP contribution in [-0.4, -0.2) is 29.4 Å². The number of hydrogen-bond acceptors (Lipinski definition) is 3. The zero-order valence-corrected chi connectivity index (χ0v) is 14.1. The van der Waals surface area contributed by atoms with Gasteiger partial charge >= 0.3 is 6.03 Å². The lowest BCUT2D eigenvalue weighted by Crippen LogP contribution is -2.45. The van der Waals surface area contributed by atoms with E-state index >= 15 is 0 Å². The average Bonchev–Trinajstić information content (AvgIpc) is 3.09. The summed E-state index contributed by atoms with van der Waals surface area (Å²) in [5, 5.41) is 13.3. The highest BCUT2D eigenvalue weighted by molar-refractivity contribution is 5.73. The quantitative estimate of drug-likeness (QED) is 0.492. The van der Waals surface area contributed by atoms with Crippen LogP contribution >= 0.6 is 0 Å². The maximum atomic E-state index is 11.7. The first kappa shape index (κ1) is 17.0. The first-order valence-corrected chi connectivity index (χ1v) is 8.35. The van der Waals surface area contributed by atoms with Crippen molar-refractivity contribution in [3.63, 3.8) is 0 Å². The summed E-state index contributed by atoms with van der Waals surface area (Å²) in [5.74, 6) is 1.63. The summed E-state index contributed by atoms with van der Waals surface area (Å²) in [4.78, 5) is 11.7. The topological polar surface area (TPSA) is 61.8 Å². The zero-order chi connectivity index (χ0) is 17.6. The van der Waals surface area contributed by atoms with Gasteiger partial charge in [0.1, 0.15) is 11.5 Å². The Morgan fingerprint density at radius 1 is 1.20 bits per heavy atom. The molecule has 0 bridgehead atoms. The number of carbonyl (C=O) groups is 1. The lowest BCUT2D eigenvalue weighted by molar-refractivity contribution is -0.0851. The summed E-state index contributed by atoms with van der Waals surface area (Å²) in [6.07, 6.45) is 5.43. The van der Waals surface area contributed by atoms with E-state index in [-0.39, 0.29) is 12.0 Å². The van der Waals surface area contributed by atoms with E-state index in [9.17, 15) is 10.0 Å². The Balaban J connectivity index is 1.69. The summed E-state index contributed by atoms with van der Waals surface area (Å²) in [7, 11) is 1.51. The predicted octanol–water partition coefficient (Wildman–Crippen LogP) is 4.00. The minimum absolute atomic E-state index is 0.0641. The fraction of sp³-hybridized carbons (Fsp3) is 0.250. The predicted molar refractivity (Wildman–Crippen MR) is 95.8 cm³/mol. The van der Waals surface area contributed by atoms with Crippen LogP contribution in [0.2, 0.25) is 0 Å². The van der Waals surface area contributed by atoms with E-state index in [0.717, 1.165) is 28.5 Å². The molecule has 0 aliphatic heterocycles. The molecule has 1 aliphatic rings. The van der Waals surface area contributed by atoms with Crippen LogP contribution in [0.3, 0.4) is 0 Å². The molecule has 2 amide bonds. The minimum Gasteiger partial charge on any atom is -0.457 e. The van der Waals surface area contributed by atoms with Crippen molar-refractivity contribution in [3.8, 4) is 11.5 Å². The maximum absolute atomic E-state index is 11.7. The highest BCUT2D eigenvalue weighted by Gasteiger charge is 2.30. The van der Waals surface area contributed by atoms with Crippen molar-refractivity contribution in [3.05, 3.63) is 72.3 Å². The molecule has 25 heavy (non-hydrogen) atoms. The van der Waals surface area contributed by atoms with Crippen molar-refractivity contribution in [1.29, 1.82) is 0 Å². The molecule has 2 atom stereocenters. The number of hydrogen-bond donors (Lipinski definition) is 2. The smallest absolute Gasteiger partial charge is 0.341 e. The van der Waals surface area contributed by atoms with Crippen LogP contribution in [-0.2, 0) is 6.42 Å². The Morgan fingerprint density at radius 3 is 2.72 bits per heavy atom. The van der Waals surface area contributed by atoms with Crippen molar-refractivity contribution in [2.24, 2.45) is 5.92 Å². The zero-order valence-electron chi connectivity index (χ0n) is 14.1. The van der Waals surface area contributed by atoms with Gasteiger partial charge in [0.25, 0.3) is 0 Å². The Morgan fingerprint density at radius 2 is 1.96 bits per heavy atom. The summed E-state index contributed by atoms with van der Waals surface area (Å²) in [6.45, 7) is 0. The van der Waals surface area contributed by atoms with Crippen molar-refractivity contribution in [1.82, 2.24) is 10.4 Å². The average molecular weight is 338 g/mol. The van der Waals surface area contributed by atoms with Gasteiger partial charge in [-0.15, -0.1) is 0 Å². The summed E-state index contributed by atoms with van der Waals surface area (Å²) in [6, 6.07) is 16.8. The molecular formula is C20H22N2O3. The molecule has 5 heteroatoms. The van der Waals surface area contributed by atoms with Gasteiger partial charge in [0.15, 0.2) is 0 Å². The van der Waals surface area contributed by atoms with Crippen LogP contribution in [0.25, 0.3) is 0 Å². The molecule has 2 aromatic carbocycles. The van der Waals surface area contributed by atoms with Gasteiger partial charge in [-0.25, -0.2) is 9.86 Å². The number of carbonyl (C=O) groups excluding carboxylic acids is 1. The monoisotopic (exact) mass is 338 g/mol. The summed E-state index contributed by atoms with van der Waals surface area (Å²) < 4.78 is 5.87. The van der Waals surface area contributed by atoms with Gasteiger partial charge < -0.3 is 10.1 Å². The number of ether oxygens (including phenoxy) is 1. The number of hydroxylamine groups is 2. The molecule has 0 heterocycles. The van der Waals surface area contributed by atoms with Crippen molar-refractivity contribution in [2.75, 3.05) is 7.05 Å². The highest BCUT2D eigenvalue weighted by atomic mass is 16.5. The number of nitrogens with zero attached hydrogens (tertiary/aromatic N) is 1. The summed E-state index contributed by atoms with van der Waals surface area (Å²) in [5.41, 5.74) is 1.10. The molecule has 2 N–H and O–H groups in total. The highest BCUT2D eigenvalue weighted by Crippen LogP contribution is 2.28. The third-order valence-corrected chi connectivity index (χ3v) is 4.34. The molecule has 3 rings (SSSR count). The lowest BCUT2D eigenvalue weighted by atomic mass is 9.94. The third-order valence-electron chi connectivity index (χ3n) is 4.34. The number of urea groups is 1. The first-order valence-electron chi connectivity index (χ1n) is 8.35. The van der Waals surface area contributed by atoms with Crippen LogP contribution in [0.15, 0.2) is 66.7 Å². The second kappa shape index (κ2) is 7.85. The van der Waals surface area contributed by atoms with Crippen LogP contribution < -0.4 is 10.1 Å². The van der Waals surface area contributed by atoms with E-state index in [1.165, 1.54) is 7.05 Å². The Labute approximate surface area is 147 Å². The molecule has 0 saturated heterocycles. The van der Waals surface area contributed by atoms with E-state index in [2.05, 4.69) is 11.4 Å². The van der Waals surface area contributed by atoms with Gasteiger partial charge in [-0.05, 0) is 42.7 Å². The van der Waals surface area contributed by atoms with E-state index in [1.54, 1.807) is 0 Å². The molecular weight excluding hydrogens is 316 g/mol. The molecule has 2 aromatic rings. The SMILES string of the molecule is CNC(=O)N(O)[C@H]1CC=C[C@@H]1Cc1cccc(Oc2ccccc2)c1. The molecule has 0 unspecified atom stereocenters. The molecule has 0 radical (unpaired) electrons. The summed E-state index contributed by atoms with van der Waals surface area (Å²) >= 11 is 0. The van der Waals surface area contributed by atoms with Gasteiger partial charge in [-0.3, -0.25) is 5.21 Å². The number of benzene rings is 2. The van der Waals surface area contributed by atoms with E-state index in [0.29, 0.717) is 6.42 Å². The van der Waals surface area contributed by atoms with Crippen molar-refractivity contribution < 1.29 is 14.7 Å². The van der Waals surface area contributed by atoms with Crippen molar-refractivity contribution >= 4 is 6.03 Å². The number of nitrogens with one attached hydrogen (secondary N) is 1. The lowest BCUT2D eigenvalue weighted by Gasteiger charge is -2.27. The maximum Gasteiger partial charge on any atom is 0.341 e. The van der Waals surface area contributed by atoms with Gasteiger partial charge in [0, 0.05) is 13.0 Å². The van der Waals surface area contributed by atoms with Crippen molar-refractivity contribution in [2.45, 2.75) is 18.9 Å². The first-order chi connectivity index (χ1) is 12.2. The molecule has 1 aliphatic carbocycles. The second-order valence-corrected chi connectivity index (χ2v) is 6.06. The number of para-hydroxylation sites is 1. The molecule has 0 spiro atoms. The molecule has 0 fully saturated rings. The molecule has 0 saturated carbocycles. The fourth-order valence-corrected chi connectivity index (χ4v) is 3.08. The molecule has 0 aromatic heterocycles. The molecule has 5 nitrogen and oxygen atoms in total. The van der Waals surface area contributed by atoms with Gasteiger partial charge in [-0.2, -0.15) is 0 Å². The van der Waals surface area contributed by atoms with Gasteiger partial charge in [0.2, 0.25) is 0 Å². The Hall–Kier alpha value is -2.79. The Bertz CT molecular complexity index is 746. The van der Waals surface area contributed by atoms with Crippen LogP contribution in [0, 0.1) is 5.92 Å². The molecule has 130 valence electrons. The number of rotatable bonds is 5. The Kier molecular flexibility index (Phi) is 5.36.